The molecule has 0 bridgehead atoms. The van der Waals surface area contributed by atoms with E-state index in [-0.39, 0.29) is 0 Å². The molecule has 0 spiro atoms. The molecule has 0 N–H and O–H groups in total. The summed E-state index contributed by atoms with van der Waals surface area (Å²) < 4.78 is 6.55. The summed E-state index contributed by atoms with van der Waals surface area (Å²) in [6, 6.07) is 50.4. The summed E-state index contributed by atoms with van der Waals surface area (Å²) in [7, 11) is 0. The van der Waals surface area contributed by atoms with E-state index in [0.29, 0.717) is 17.5 Å². The van der Waals surface area contributed by atoms with Gasteiger partial charge in [0, 0.05) is 27.5 Å². The number of nitrogens with zero attached hydrogens (tertiary/aromatic N) is 3. The van der Waals surface area contributed by atoms with Crippen molar-refractivity contribution < 1.29 is 4.42 Å². The zero-order chi connectivity index (χ0) is 30.6. The summed E-state index contributed by atoms with van der Waals surface area (Å²) in [5, 5.41) is 6.99. The van der Waals surface area contributed by atoms with E-state index in [1.54, 1.807) is 0 Å². The van der Waals surface area contributed by atoms with Crippen molar-refractivity contribution in [3.63, 3.8) is 0 Å². The Bertz CT molecular complexity index is 2530. The predicted molar refractivity (Wildman–Crippen MR) is 189 cm³/mol. The maximum absolute atomic E-state index is 6.55. The molecule has 216 valence electrons. The first kappa shape index (κ1) is 26.3. The van der Waals surface area contributed by atoms with E-state index in [2.05, 4.69) is 79.7 Å². The minimum Gasteiger partial charge on any atom is -0.456 e. The second-order valence-electron chi connectivity index (χ2n) is 11.7. The van der Waals surface area contributed by atoms with Gasteiger partial charge in [-0.2, -0.15) is 0 Å². The van der Waals surface area contributed by atoms with Crippen LogP contribution in [0.5, 0.6) is 0 Å². The zero-order valence-corrected chi connectivity index (χ0v) is 25.1. The third-order valence-corrected chi connectivity index (χ3v) is 8.80. The summed E-state index contributed by atoms with van der Waals surface area (Å²) in [6.07, 6.45) is 0. The van der Waals surface area contributed by atoms with Crippen LogP contribution in [0.3, 0.4) is 0 Å². The van der Waals surface area contributed by atoms with Crippen molar-refractivity contribution in [2.75, 3.05) is 0 Å². The van der Waals surface area contributed by atoms with Crippen LogP contribution in [0.25, 0.3) is 88.8 Å². The summed E-state index contributed by atoms with van der Waals surface area (Å²) in [5.74, 6) is 1.88. The smallest absolute Gasteiger partial charge is 0.164 e. The molecule has 4 heteroatoms. The lowest BCUT2D eigenvalue weighted by atomic mass is 9.91. The number of rotatable bonds is 4. The fraction of sp³-hybridized carbons (Fsp3) is 0.0238. The van der Waals surface area contributed by atoms with Crippen molar-refractivity contribution in [2.45, 2.75) is 6.92 Å². The van der Waals surface area contributed by atoms with E-state index in [1.807, 2.05) is 72.8 Å². The van der Waals surface area contributed by atoms with Crippen LogP contribution in [0.2, 0.25) is 0 Å². The van der Waals surface area contributed by atoms with Gasteiger partial charge in [0.1, 0.15) is 11.2 Å². The monoisotopic (exact) mass is 589 g/mol. The molecule has 0 aliphatic carbocycles. The van der Waals surface area contributed by atoms with Gasteiger partial charge in [-0.1, -0.05) is 121 Å². The van der Waals surface area contributed by atoms with Gasteiger partial charge < -0.3 is 4.42 Å². The Hall–Kier alpha value is -6.13. The standard InChI is InChI=1S/C42H27N3O/c1-26-23-30(35-24-29-17-8-9-18-31(29)32-19-10-11-20-33(32)35)25-36-38-34(21-12-22-37(38)46-39(26)36)42-44-40(27-13-4-2-5-14-27)43-41(45-42)28-15-6-3-7-16-28/h2-25H,1H3. The number of hydrogen-bond acceptors (Lipinski definition) is 4. The van der Waals surface area contributed by atoms with Gasteiger partial charge in [0.25, 0.3) is 0 Å². The lowest BCUT2D eigenvalue weighted by molar-refractivity contribution is 0.666. The topological polar surface area (TPSA) is 51.8 Å². The maximum Gasteiger partial charge on any atom is 0.164 e. The molecule has 0 atom stereocenters. The SMILES string of the molecule is Cc1cc(-c2cc3ccccc3c3ccccc23)cc2c1oc1cccc(-c3nc(-c4ccccc4)nc(-c4ccccc4)n3)c12. The highest BCUT2D eigenvalue weighted by Gasteiger charge is 2.20. The molecule has 4 nitrogen and oxygen atoms in total. The van der Waals surface area contributed by atoms with Crippen LogP contribution >= 0.6 is 0 Å². The number of furan rings is 1. The largest absolute Gasteiger partial charge is 0.456 e. The number of hydrogen-bond donors (Lipinski definition) is 0. The highest BCUT2D eigenvalue weighted by Crippen LogP contribution is 2.42. The lowest BCUT2D eigenvalue weighted by Gasteiger charge is -2.12. The van der Waals surface area contributed by atoms with E-state index >= 15 is 0 Å². The summed E-state index contributed by atoms with van der Waals surface area (Å²) in [5.41, 5.74) is 7.89. The average molecular weight is 590 g/mol. The van der Waals surface area contributed by atoms with Gasteiger partial charge in [-0.3, -0.25) is 0 Å². The molecular weight excluding hydrogens is 562 g/mol. The number of fused-ring (bicyclic) bond motifs is 6. The molecule has 2 heterocycles. The molecule has 0 saturated carbocycles. The van der Waals surface area contributed by atoms with Crippen molar-refractivity contribution >= 4 is 43.5 Å². The first-order valence-corrected chi connectivity index (χ1v) is 15.5. The van der Waals surface area contributed by atoms with Crippen LogP contribution in [0.15, 0.2) is 150 Å². The fourth-order valence-electron chi connectivity index (χ4n) is 6.66. The highest BCUT2D eigenvalue weighted by molar-refractivity contribution is 6.17. The Morgan fingerprint density at radius 3 is 1.76 bits per heavy atom. The Morgan fingerprint density at radius 2 is 1.04 bits per heavy atom. The minimum absolute atomic E-state index is 0.611. The van der Waals surface area contributed by atoms with Crippen LogP contribution in [-0.2, 0) is 0 Å². The lowest BCUT2D eigenvalue weighted by Crippen LogP contribution is -2.00. The van der Waals surface area contributed by atoms with Gasteiger partial charge in [0.05, 0.1) is 0 Å². The molecule has 2 aromatic heterocycles. The van der Waals surface area contributed by atoms with E-state index in [4.69, 9.17) is 19.4 Å². The van der Waals surface area contributed by atoms with E-state index < -0.39 is 0 Å². The molecule has 0 aliphatic rings. The van der Waals surface area contributed by atoms with E-state index in [0.717, 1.165) is 49.8 Å². The van der Waals surface area contributed by atoms with Gasteiger partial charge >= 0.3 is 0 Å². The minimum atomic E-state index is 0.611. The third kappa shape index (κ3) is 4.26. The first-order valence-electron chi connectivity index (χ1n) is 15.5. The number of benzene rings is 7. The Balaban J connectivity index is 1.32. The van der Waals surface area contributed by atoms with Gasteiger partial charge in [-0.15, -0.1) is 0 Å². The van der Waals surface area contributed by atoms with Crippen molar-refractivity contribution in [2.24, 2.45) is 0 Å². The molecule has 0 amide bonds. The van der Waals surface area contributed by atoms with Gasteiger partial charge in [-0.05, 0) is 69.4 Å². The highest BCUT2D eigenvalue weighted by atomic mass is 16.3. The number of aryl methyl sites for hydroxylation is 1. The Morgan fingerprint density at radius 1 is 0.435 bits per heavy atom. The zero-order valence-electron chi connectivity index (χ0n) is 25.1. The fourth-order valence-corrected chi connectivity index (χ4v) is 6.66. The van der Waals surface area contributed by atoms with Gasteiger partial charge in [0.2, 0.25) is 0 Å². The Labute approximate surface area is 265 Å². The average Bonchev–Trinajstić information content (AvgIpc) is 3.51. The second-order valence-corrected chi connectivity index (χ2v) is 11.7. The van der Waals surface area contributed by atoms with Gasteiger partial charge in [0.15, 0.2) is 17.5 Å². The second kappa shape index (κ2) is 10.5. The predicted octanol–water partition coefficient (Wildman–Crippen LogP) is 11.1. The van der Waals surface area contributed by atoms with Gasteiger partial charge in [-0.25, -0.2) is 15.0 Å². The quantitative estimate of drug-likeness (QED) is 0.192. The normalized spacial score (nSPS) is 11.6. The number of aromatic nitrogens is 3. The molecule has 0 radical (unpaired) electrons. The van der Waals surface area contributed by atoms with Crippen LogP contribution < -0.4 is 0 Å². The molecule has 9 aromatic rings. The molecule has 7 aromatic carbocycles. The third-order valence-electron chi connectivity index (χ3n) is 8.80. The Kier molecular flexibility index (Phi) is 6.00. The molecule has 0 aliphatic heterocycles. The van der Waals surface area contributed by atoms with E-state index in [9.17, 15) is 0 Å². The van der Waals surface area contributed by atoms with Crippen LogP contribution in [0.4, 0.5) is 0 Å². The molecular formula is C42H27N3O. The van der Waals surface area contributed by atoms with Crippen molar-refractivity contribution in [1.82, 2.24) is 15.0 Å². The molecule has 9 rings (SSSR count). The van der Waals surface area contributed by atoms with Crippen molar-refractivity contribution in [3.05, 3.63) is 151 Å². The first-order chi connectivity index (χ1) is 22.7. The van der Waals surface area contributed by atoms with Crippen LogP contribution in [0, 0.1) is 6.92 Å². The van der Waals surface area contributed by atoms with Crippen molar-refractivity contribution in [1.29, 1.82) is 0 Å². The van der Waals surface area contributed by atoms with Crippen LogP contribution in [0.1, 0.15) is 5.56 Å². The molecule has 0 fully saturated rings. The molecule has 0 unspecified atom stereocenters. The summed E-state index contributed by atoms with van der Waals surface area (Å²) >= 11 is 0. The summed E-state index contributed by atoms with van der Waals surface area (Å²) in [4.78, 5) is 15.0. The van der Waals surface area contributed by atoms with Crippen molar-refractivity contribution in [3.8, 4) is 45.3 Å². The molecule has 46 heavy (non-hydrogen) atoms. The van der Waals surface area contributed by atoms with Crippen LogP contribution in [-0.4, -0.2) is 15.0 Å². The van der Waals surface area contributed by atoms with E-state index in [1.165, 1.54) is 27.1 Å². The maximum atomic E-state index is 6.55. The molecule has 0 saturated heterocycles. The summed E-state index contributed by atoms with van der Waals surface area (Å²) in [6.45, 7) is 2.13.